The van der Waals surface area contributed by atoms with Crippen LogP contribution in [0.3, 0.4) is 0 Å². The number of carboxylic acid groups (broad SMARTS) is 1. The van der Waals surface area contributed by atoms with Crippen molar-refractivity contribution < 1.29 is 19.4 Å². The molecule has 0 atom stereocenters. The van der Waals surface area contributed by atoms with E-state index in [1.54, 1.807) is 11.9 Å². The molecule has 0 spiro atoms. The number of likely N-dealkylation sites (tertiary alicyclic amines) is 1. The third-order valence-corrected chi connectivity index (χ3v) is 3.05. The number of carbonyl (C=O) groups is 2. The molecule has 1 rings (SSSR count). The summed E-state index contributed by atoms with van der Waals surface area (Å²) < 4.78 is 4.83. The molecule has 0 radical (unpaired) electrons. The van der Waals surface area contributed by atoms with Gasteiger partial charge in [-0.25, -0.2) is 9.59 Å². The summed E-state index contributed by atoms with van der Waals surface area (Å²) in [5.74, 6) is -1.01. The van der Waals surface area contributed by atoms with Crippen LogP contribution in [0, 0.1) is 0 Å². The number of urea groups is 1. The quantitative estimate of drug-likeness (QED) is 0.600. The number of hydrogen-bond donors (Lipinski definition) is 2. The first-order valence-electron chi connectivity index (χ1n) is 6.60. The second kappa shape index (κ2) is 8.71. The zero-order valence-corrected chi connectivity index (χ0v) is 11.4. The van der Waals surface area contributed by atoms with Crippen LogP contribution in [0.5, 0.6) is 0 Å². The highest BCUT2D eigenvalue weighted by Gasteiger charge is 2.13. The summed E-state index contributed by atoms with van der Waals surface area (Å²) in [6.45, 7) is 4.04. The van der Waals surface area contributed by atoms with Crippen LogP contribution in [0.2, 0.25) is 0 Å². The molecule has 1 heterocycles. The molecule has 2 N–H and O–H groups in total. The van der Waals surface area contributed by atoms with Gasteiger partial charge in [0, 0.05) is 26.7 Å². The smallest absolute Gasteiger partial charge is 0.329 e. The Kier molecular flexibility index (Phi) is 7.20. The van der Waals surface area contributed by atoms with Gasteiger partial charge in [-0.05, 0) is 25.9 Å². The largest absolute Gasteiger partial charge is 0.480 e. The Labute approximate surface area is 113 Å². The fraction of sp³-hybridized carbons (Fsp3) is 0.833. The van der Waals surface area contributed by atoms with Crippen LogP contribution >= 0.6 is 0 Å². The van der Waals surface area contributed by atoms with Gasteiger partial charge in [-0.3, -0.25) is 0 Å². The summed E-state index contributed by atoms with van der Waals surface area (Å²) >= 11 is 0. The average molecular weight is 273 g/mol. The molecule has 1 fully saturated rings. The summed E-state index contributed by atoms with van der Waals surface area (Å²) in [6, 6.07) is -0.155. The molecule has 1 saturated heterocycles. The van der Waals surface area contributed by atoms with Crippen LogP contribution in [0.1, 0.15) is 12.8 Å². The Hall–Kier alpha value is -1.34. The molecule has 7 nitrogen and oxygen atoms in total. The van der Waals surface area contributed by atoms with Crippen molar-refractivity contribution in [3.05, 3.63) is 0 Å². The summed E-state index contributed by atoms with van der Waals surface area (Å²) in [5, 5.41) is 11.0. The number of nitrogens with one attached hydrogen (secondary N) is 1. The molecule has 0 aromatic rings. The van der Waals surface area contributed by atoms with E-state index in [1.165, 1.54) is 12.8 Å². The highest BCUT2D eigenvalue weighted by molar-refractivity contribution is 5.73. The van der Waals surface area contributed by atoms with E-state index in [0.717, 1.165) is 19.6 Å². The lowest BCUT2D eigenvalue weighted by atomic mass is 10.4. The molecular weight excluding hydrogens is 250 g/mol. The first kappa shape index (κ1) is 15.7. The fourth-order valence-electron chi connectivity index (χ4n) is 1.92. The average Bonchev–Trinajstić information content (AvgIpc) is 2.88. The second-order valence-electron chi connectivity index (χ2n) is 4.65. The Bertz CT molecular complexity index is 293. The van der Waals surface area contributed by atoms with Gasteiger partial charge in [-0.15, -0.1) is 0 Å². The minimum Gasteiger partial charge on any atom is -0.480 e. The molecule has 0 saturated carbocycles. The van der Waals surface area contributed by atoms with E-state index in [0.29, 0.717) is 13.1 Å². The Morgan fingerprint density at radius 2 is 2.05 bits per heavy atom. The monoisotopic (exact) mass is 273 g/mol. The number of aliphatic carboxylic acids is 1. The lowest BCUT2D eigenvalue weighted by Crippen LogP contribution is -2.42. The van der Waals surface area contributed by atoms with Crippen molar-refractivity contribution in [2.45, 2.75) is 12.8 Å². The van der Waals surface area contributed by atoms with Crippen molar-refractivity contribution in [3.8, 4) is 0 Å². The van der Waals surface area contributed by atoms with Crippen molar-refractivity contribution in [3.63, 3.8) is 0 Å². The third kappa shape index (κ3) is 6.97. The Morgan fingerprint density at radius 3 is 2.68 bits per heavy atom. The van der Waals surface area contributed by atoms with E-state index in [-0.39, 0.29) is 19.2 Å². The Morgan fingerprint density at radius 1 is 1.37 bits per heavy atom. The van der Waals surface area contributed by atoms with Gasteiger partial charge in [-0.1, -0.05) is 0 Å². The van der Waals surface area contributed by atoms with Crippen molar-refractivity contribution in [2.24, 2.45) is 0 Å². The van der Waals surface area contributed by atoms with Crippen molar-refractivity contribution in [1.82, 2.24) is 15.1 Å². The van der Waals surface area contributed by atoms with Gasteiger partial charge in [0.05, 0.1) is 6.61 Å². The van der Waals surface area contributed by atoms with E-state index in [2.05, 4.69) is 10.2 Å². The van der Waals surface area contributed by atoms with E-state index in [4.69, 9.17) is 9.84 Å². The third-order valence-electron chi connectivity index (χ3n) is 3.05. The molecule has 7 heteroatoms. The molecule has 0 unspecified atom stereocenters. The van der Waals surface area contributed by atoms with Crippen LogP contribution in [0.4, 0.5) is 4.79 Å². The zero-order chi connectivity index (χ0) is 14.1. The molecule has 1 aliphatic rings. The van der Waals surface area contributed by atoms with Crippen LogP contribution in [-0.4, -0.2) is 79.9 Å². The van der Waals surface area contributed by atoms with Gasteiger partial charge in [0.15, 0.2) is 0 Å². The van der Waals surface area contributed by atoms with Crippen LogP contribution in [-0.2, 0) is 9.53 Å². The molecule has 0 aromatic heterocycles. The predicted octanol–water partition coefficient (Wildman–Crippen LogP) is -0.175. The number of carboxylic acids is 1. The lowest BCUT2D eigenvalue weighted by molar-refractivity contribution is -0.142. The first-order valence-corrected chi connectivity index (χ1v) is 6.60. The molecule has 19 heavy (non-hydrogen) atoms. The number of rotatable bonds is 8. The zero-order valence-electron chi connectivity index (χ0n) is 11.4. The van der Waals surface area contributed by atoms with Gasteiger partial charge in [-0.2, -0.15) is 0 Å². The number of nitrogens with zero attached hydrogens (tertiary/aromatic N) is 2. The summed E-state index contributed by atoms with van der Waals surface area (Å²) in [6.07, 6.45) is 2.49. The normalized spacial score (nSPS) is 15.4. The highest BCUT2D eigenvalue weighted by Crippen LogP contribution is 2.06. The predicted molar refractivity (Wildman–Crippen MR) is 70.2 cm³/mol. The highest BCUT2D eigenvalue weighted by atomic mass is 16.5. The molecule has 2 amide bonds. The maximum absolute atomic E-state index is 11.7. The van der Waals surface area contributed by atoms with E-state index >= 15 is 0 Å². The molecule has 1 aliphatic heterocycles. The summed E-state index contributed by atoms with van der Waals surface area (Å²) in [4.78, 5) is 25.8. The van der Waals surface area contributed by atoms with Crippen LogP contribution < -0.4 is 5.32 Å². The van der Waals surface area contributed by atoms with Crippen molar-refractivity contribution >= 4 is 12.0 Å². The summed E-state index contributed by atoms with van der Waals surface area (Å²) in [7, 11) is 1.75. The van der Waals surface area contributed by atoms with E-state index < -0.39 is 5.97 Å². The summed E-state index contributed by atoms with van der Waals surface area (Å²) in [5.41, 5.74) is 0. The number of likely N-dealkylation sites (N-methyl/N-ethyl adjacent to an activating group) is 1. The Balaban J connectivity index is 2.02. The molecular formula is C12H23N3O4. The van der Waals surface area contributed by atoms with E-state index in [9.17, 15) is 9.59 Å². The first-order chi connectivity index (χ1) is 9.09. The lowest BCUT2D eigenvalue weighted by Gasteiger charge is -2.21. The minimum absolute atomic E-state index is 0.155. The van der Waals surface area contributed by atoms with Crippen molar-refractivity contribution in [1.29, 1.82) is 0 Å². The molecule has 110 valence electrons. The van der Waals surface area contributed by atoms with Gasteiger partial charge in [0.25, 0.3) is 0 Å². The molecule has 0 aromatic carbocycles. The van der Waals surface area contributed by atoms with Crippen LogP contribution in [0.25, 0.3) is 0 Å². The fourth-order valence-corrected chi connectivity index (χ4v) is 1.92. The topological polar surface area (TPSA) is 82.1 Å². The maximum Gasteiger partial charge on any atom is 0.329 e. The molecule has 0 bridgehead atoms. The van der Waals surface area contributed by atoms with Gasteiger partial charge < -0.3 is 25.0 Å². The number of ether oxygens (including phenoxy) is 1. The second-order valence-corrected chi connectivity index (χ2v) is 4.65. The minimum atomic E-state index is -1.01. The standard InChI is InChI=1S/C12H23N3O4/c1-14(7-8-15-5-2-3-6-15)12(18)13-4-9-19-10-11(16)17/h2-10H2,1H3,(H,13,18)(H,16,17). The SMILES string of the molecule is CN(CCN1CCCC1)C(=O)NCCOCC(=O)O. The number of amides is 2. The number of carbonyl (C=O) groups excluding carboxylic acids is 1. The van der Waals surface area contributed by atoms with E-state index in [1.807, 2.05) is 0 Å². The van der Waals surface area contributed by atoms with Gasteiger partial charge in [0.1, 0.15) is 6.61 Å². The van der Waals surface area contributed by atoms with Crippen molar-refractivity contribution in [2.75, 3.05) is 53.0 Å². The molecule has 0 aliphatic carbocycles. The number of hydrogen-bond acceptors (Lipinski definition) is 4. The van der Waals surface area contributed by atoms with Crippen LogP contribution in [0.15, 0.2) is 0 Å². The maximum atomic E-state index is 11.7. The van der Waals surface area contributed by atoms with Gasteiger partial charge >= 0.3 is 12.0 Å². The van der Waals surface area contributed by atoms with Gasteiger partial charge in [0.2, 0.25) is 0 Å².